The average molecular weight is 309 g/mol. The molecule has 0 aliphatic heterocycles. The van der Waals surface area contributed by atoms with Gasteiger partial charge in [0, 0.05) is 21.6 Å². The molecular formula is C17H11NO3S. The van der Waals surface area contributed by atoms with Crippen molar-refractivity contribution in [3.8, 4) is 0 Å². The number of carbonyl (C=O) groups excluding carboxylic acids is 3. The van der Waals surface area contributed by atoms with Crippen LogP contribution in [0.4, 0.5) is 5.69 Å². The second-order valence-electron chi connectivity index (χ2n) is 4.78. The molecule has 0 spiro atoms. The first kappa shape index (κ1) is 14.3. The quantitative estimate of drug-likeness (QED) is 0.565. The Kier molecular flexibility index (Phi) is 3.42. The van der Waals surface area contributed by atoms with Crippen LogP contribution < -0.4 is 5.32 Å². The van der Waals surface area contributed by atoms with Crippen LogP contribution in [0.25, 0.3) is 0 Å². The smallest absolute Gasteiger partial charge is 0.247 e. The summed E-state index contributed by atoms with van der Waals surface area (Å²) in [5.41, 5.74) is 1.37. The van der Waals surface area contributed by atoms with E-state index in [0.29, 0.717) is 21.7 Å². The fraction of sp³-hybridized carbons (Fsp3) is 0. The maximum atomic E-state index is 12.7. The van der Waals surface area contributed by atoms with Crippen molar-refractivity contribution >= 4 is 35.8 Å². The molecule has 0 aromatic heterocycles. The van der Waals surface area contributed by atoms with Crippen LogP contribution in [0.1, 0.15) is 31.8 Å². The highest BCUT2D eigenvalue weighted by molar-refractivity contribution is 7.80. The molecule has 2 aromatic carbocycles. The Morgan fingerprint density at radius 3 is 2.27 bits per heavy atom. The van der Waals surface area contributed by atoms with Crippen LogP contribution >= 0.6 is 12.6 Å². The number of thiol groups is 1. The Hall–Kier alpha value is -2.66. The van der Waals surface area contributed by atoms with Crippen molar-refractivity contribution in [3.63, 3.8) is 0 Å². The van der Waals surface area contributed by atoms with Crippen molar-refractivity contribution in [2.45, 2.75) is 4.90 Å². The Labute approximate surface area is 132 Å². The predicted molar refractivity (Wildman–Crippen MR) is 85.8 cm³/mol. The predicted octanol–water partition coefficient (Wildman–Crippen LogP) is 2.88. The number of ketones is 2. The van der Waals surface area contributed by atoms with Gasteiger partial charge in [-0.2, -0.15) is 0 Å². The number of nitrogens with one attached hydrogen (secondary N) is 1. The molecule has 0 unspecified atom stereocenters. The summed E-state index contributed by atoms with van der Waals surface area (Å²) < 4.78 is 0. The molecule has 0 saturated heterocycles. The van der Waals surface area contributed by atoms with Gasteiger partial charge in [-0.15, -0.1) is 12.6 Å². The molecule has 1 amide bonds. The van der Waals surface area contributed by atoms with E-state index in [2.05, 4.69) is 24.5 Å². The summed E-state index contributed by atoms with van der Waals surface area (Å²) in [7, 11) is 0. The maximum Gasteiger partial charge on any atom is 0.247 e. The lowest BCUT2D eigenvalue weighted by atomic mass is 9.83. The van der Waals surface area contributed by atoms with E-state index in [4.69, 9.17) is 0 Å². The van der Waals surface area contributed by atoms with Crippen LogP contribution in [0, 0.1) is 0 Å². The molecule has 108 valence electrons. The summed E-state index contributed by atoms with van der Waals surface area (Å²) in [4.78, 5) is 37.4. The summed E-state index contributed by atoms with van der Waals surface area (Å²) in [6, 6.07) is 9.70. The Morgan fingerprint density at radius 1 is 1.00 bits per heavy atom. The largest absolute Gasteiger partial charge is 0.322 e. The van der Waals surface area contributed by atoms with Gasteiger partial charge in [0.15, 0.2) is 11.6 Å². The first-order valence-corrected chi connectivity index (χ1v) is 6.97. The number of anilines is 1. The van der Waals surface area contributed by atoms with Crippen LogP contribution in [0.15, 0.2) is 53.9 Å². The van der Waals surface area contributed by atoms with Gasteiger partial charge in [-0.3, -0.25) is 14.4 Å². The summed E-state index contributed by atoms with van der Waals surface area (Å²) >= 11 is 4.27. The van der Waals surface area contributed by atoms with Crippen molar-refractivity contribution in [1.82, 2.24) is 0 Å². The van der Waals surface area contributed by atoms with E-state index >= 15 is 0 Å². The fourth-order valence-electron chi connectivity index (χ4n) is 2.51. The molecule has 5 heteroatoms. The Balaban J connectivity index is 2.24. The van der Waals surface area contributed by atoms with Crippen LogP contribution in [-0.4, -0.2) is 17.5 Å². The number of carbonyl (C=O) groups is 3. The minimum atomic E-state index is -0.442. The van der Waals surface area contributed by atoms with Gasteiger partial charge >= 0.3 is 0 Å². The third-order valence-electron chi connectivity index (χ3n) is 3.49. The van der Waals surface area contributed by atoms with E-state index < -0.39 is 5.91 Å². The highest BCUT2D eigenvalue weighted by Gasteiger charge is 2.32. The molecule has 0 atom stereocenters. The lowest BCUT2D eigenvalue weighted by molar-refractivity contribution is -0.111. The highest BCUT2D eigenvalue weighted by Crippen LogP contribution is 2.34. The van der Waals surface area contributed by atoms with Crippen molar-refractivity contribution in [2.24, 2.45) is 0 Å². The van der Waals surface area contributed by atoms with Crippen molar-refractivity contribution in [3.05, 3.63) is 71.3 Å². The van der Waals surface area contributed by atoms with Gasteiger partial charge in [0.25, 0.3) is 0 Å². The first-order chi connectivity index (χ1) is 10.5. The van der Waals surface area contributed by atoms with E-state index in [1.807, 2.05) is 0 Å². The van der Waals surface area contributed by atoms with Gasteiger partial charge in [-0.25, -0.2) is 0 Å². The fourth-order valence-corrected chi connectivity index (χ4v) is 2.82. The van der Waals surface area contributed by atoms with Gasteiger partial charge in [0.1, 0.15) is 0 Å². The van der Waals surface area contributed by atoms with Gasteiger partial charge in [-0.05, 0) is 18.2 Å². The van der Waals surface area contributed by atoms with E-state index in [1.54, 1.807) is 36.4 Å². The number of fused-ring (bicyclic) bond motifs is 2. The zero-order valence-corrected chi connectivity index (χ0v) is 12.3. The second-order valence-corrected chi connectivity index (χ2v) is 5.26. The Bertz CT molecular complexity index is 855. The lowest BCUT2D eigenvalue weighted by Gasteiger charge is -2.21. The van der Waals surface area contributed by atoms with E-state index in [9.17, 15) is 14.4 Å². The van der Waals surface area contributed by atoms with E-state index in [-0.39, 0.29) is 22.7 Å². The number of rotatable bonds is 2. The van der Waals surface area contributed by atoms with Gasteiger partial charge in [0.05, 0.1) is 11.3 Å². The van der Waals surface area contributed by atoms with Gasteiger partial charge in [-0.1, -0.05) is 30.8 Å². The van der Waals surface area contributed by atoms with Crippen LogP contribution in [0.2, 0.25) is 0 Å². The molecule has 0 radical (unpaired) electrons. The molecular weight excluding hydrogens is 298 g/mol. The van der Waals surface area contributed by atoms with Crippen molar-refractivity contribution in [2.75, 3.05) is 5.32 Å². The van der Waals surface area contributed by atoms with Gasteiger partial charge in [0.2, 0.25) is 5.91 Å². The van der Waals surface area contributed by atoms with E-state index in [1.165, 1.54) is 0 Å². The summed E-state index contributed by atoms with van der Waals surface area (Å²) in [6.45, 7) is 3.38. The van der Waals surface area contributed by atoms with Gasteiger partial charge < -0.3 is 5.32 Å². The monoisotopic (exact) mass is 309 g/mol. The second kappa shape index (κ2) is 5.27. The molecule has 0 heterocycles. The summed E-state index contributed by atoms with van der Waals surface area (Å²) in [5, 5.41) is 2.57. The minimum Gasteiger partial charge on any atom is -0.322 e. The Morgan fingerprint density at radius 2 is 1.59 bits per heavy atom. The van der Waals surface area contributed by atoms with Crippen molar-refractivity contribution in [1.29, 1.82) is 0 Å². The molecule has 4 nitrogen and oxygen atoms in total. The van der Waals surface area contributed by atoms with Crippen LogP contribution in [0.5, 0.6) is 0 Å². The highest BCUT2D eigenvalue weighted by atomic mass is 32.1. The topological polar surface area (TPSA) is 63.2 Å². The number of benzene rings is 2. The molecule has 0 fully saturated rings. The summed E-state index contributed by atoms with van der Waals surface area (Å²) in [5.74, 6) is -1.02. The van der Waals surface area contributed by atoms with Crippen molar-refractivity contribution < 1.29 is 14.4 Å². The van der Waals surface area contributed by atoms with Crippen LogP contribution in [0.3, 0.4) is 0 Å². The SMILES string of the molecule is C=CC(=O)Nc1cccc2c1C(=O)c1cccc(S)c1C2=O. The molecule has 0 bridgehead atoms. The molecule has 2 aromatic rings. The molecule has 3 rings (SSSR count). The first-order valence-electron chi connectivity index (χ1n) is 6.52. The number of hydrogen-bond acceptors (Lipinski definition) is 4. The number of hydrogen-bond donors (Lipinski definition) is 2. The summed E-state index contributed by atoms with van der Waals surface area (Å²) in [6.07, 6.45) is 1.11. The molecule has 1 aliphatic rings. The average Bonchev–Trinajstić information content (AvgIpc) is 2.52. The normalized spacial score (nSPS) is 12.4. The molecule has 22 heavy (non-hydrogen) atoms. The molecule has 0 saturated carbocycles. The molecule has 1 aliphatic carbocycles. The standard InChI is InChI=1S/C17H11NO3S/c1-2-13(19)18-11-7-3-5-9-14(11)16(20)10-6-4-8-12(22)15(10)17(9)21/h2-8,22H,1H2,(H,18,19). The minimum absolute atomic E-state index is 0.203. The lowest BCUT2D eigenvalue weighted by Crippen LogP contribution is -2.24. The number of amides is 1. The van der Waals surface area contributed by atoms with Crippen LogP contribution in [-0.2, 0) is 4.79 Å². The zero-order chi connectivity index (χ0) is 15.9. The third kappa shape index (κ3) is 2.07. The zero-order valence-electron chi connectivity index (χ0n) is 11.4. The molecule has 1 N–H and O–H groups in total. The van der Waals surface area contributed by atoms with E-state index in [0.717, 1.165) is 6.08 Å². The third-order valence-corrected chi connectivity index (χ3v) is 3.87. The maximum absolute atomic E-state index is 12.7.